The zero-order valence-electron chi connectivity index (χ0n) is 14.8. The Bertz CT molecular complexity index is 905. The Hall–Kier alpha value is -2.26. The molecule has 3 nitrogen and oxygen atoms in total. The number of H-pyrrole nitrogens is 1. The van der Waals surface area contributed by atoms with Gasteiger partial charge in [-0.3, -0.25) is 0 Å². The van der Waals surface area contributed by atoms with Crippen molar-refractivity contribution in [3.63, 3.8) is 0 Å². The van der Waals surface area contributed by atoms with Gasteiger partial charge in [-0.25, -0.2) is 0 Å². The van der Waals surface area contributed by atoms with Crippen molar-refractivity contribution in [1.29, 1.82) is 0 Å². The predicted octanol–water partition coefficient (Wildman–Crippen LogP) is 4.35. The molecule has 3 heteroatoms. The number of fused-ring (bicyclic) bond motifs is 2. The fourth-order valence-corrected chi connectivity index (χ4v) is 4.57. The number of nitrogens with one attached hydrogen (secondary N) is 1. The summed E-state index contributed by atoms with van der Waals surface area (Å²) in [4.78, 5) is 8.35. The second-order valence-corrected chi connectivity index (χ2v) is 7.65. The summed E-state index contributed by atoms with van der Waals surface area (Å²) in [5, 5.41) is 1.29. The number of aromatic nitrogens is 1. The van der Waals surface area contributed by atoms with E-state index in [-0.39, 0.29) is 0 Å². The van der Waals surface area contributed by atoms with Gasteiger partial charge >= 0.3 is 0 Å². The first-order chi connectivity index (χ1) is 12.3. The average Bonchev–Trinajstić information content (AvgIpc) is 3.31. The standard InChI is InChI=1S/C22H25N3/c1-24-14-18-12-19(25-10-2-3-11-25)6-7-20(18)21(15-24)17-5-4-16-8-9-23-22(16)13-17/h4-9,12-13,21,23H,2-3,10-11,14-15H2,1H3. The van der Waals surface area contributed by atoms with E-state index in [2.05, 4.69) is 64.3 Å². The Morgan fingerprint density at radius 2 is 1.88 bits per heavy atom. The summed E-state index contributed by atoms with van der Waals surface area (Å²) in [6, 6.07) is 16.2. The molecule has 1 unspecified atom stereocenters. The van der Waals surface area contributed by atoms with Crippen LogP contribution in [0.15, 0.2) is 48.7 Å². The molecule has 1 N–H and O–H groups in total. The Balaban J connectivity index is 1.55. The summed E-state index contributed by atoms with van der Waals surface area (Å²) < 4.78 is 0. The van der Waals surface area contributed by atoms with Crippen LogP contribution in [0.1, 0.15) is 35.4 Å². The molecule has 128 valence electrons. The average molecular weight is 331 g/mol. The summed E-state index contributed by atoms with van der Waals surface area (Å²) in [7, 11) is 2.24. The van der Waals surface area contributed by atoms with Crippen LogP contribution in [0.4, 0.5) is 5.69 Å². The zero-order valence-corrected chi connectivity index (χ0v) is 14.8. The molecular weight excluding hydrogens is 306 g/mol. The molecular formula is C22H25N3. The molecule has 1 atom stereocenters. The highest BCUT2D eigenvalue weighted by Crippen LogP contribution is 2.36. The summed E-state index contributed by atoms with van der Waals surface area (Å²) in [6.07, 6.45) is 4.68. The first-order valence-electron chi connectivity index (χ1n) is 9.41. The highest BCUT2D eigenvalue weighted by atomic mass is 15.1. The number of hydrogen-bond acceptors (Lipinski definition) is 2. The van der Waals surface area contributed by atoms with Gasteiger partial charge < -0.3 is 14.8 Å². The van der Waals surface area contributed by atoms with Gasteiger partial charge in [0.05, 0.1) is 0 Å². The summed E-state index contributed by atoms with van der Waals surface area (Å²) in [5.41, 5.74) is 7.06. The van der Waals surface area contributed by atoms with Crippen LogP contribution >= 0.6 is 0 Å². The summed E-state index contributed by atoms with van der Waals surface area (Å²) in [6.45, 7) is 4.56. The second kappa shape index (κ2) is 5.92. The number of benzene rings is 2. The van der Waals surface area contributed by atoms with Crippen molar-refractivity contribution in [2.24, 2.45) is 0 Å². The lowest BCUT2D eigenvalue weighted by atomic mass is 9.84. The largest absolute Gasteiger partial charge is 0.372 e. The molecule has 25 heavy (non-hydrogen) atoms. The Labute approximate surface area is 149 Å². The van der Waals surface area contributed by atoms with Gasteiger partial charge in [-0.15, -0.1) is 0 Å². The molecule has 0 amide bonds. The Morgan fingerprint density at radius 1 is 1.00 bits per heavy atom. The van der Waals surface area contributed by atoms with Crippen molar-refractivity contribution >= 4 is 16.6 Å². The third-order valence-electron chi connectivity index (χ3n) is 5.89. The maximum absolute atomic E-state index is 3.36. The minimum atomic E-state index is 0.453. The van der Waals surface area contributed by atoms with Crippen molar-refractivity contribution in [1.82, 2.24) is 9.88 Å². The predicted molar refractivity (Wildman–Crippen MR) is 104 cm³/mol. The Morgan fingerprint density at radius 3 is 2.76 bits per heavy atom. The van der Waals surface area contributed by atoms with Crippen LogP contribution in [0.3, 0.4) is 0 Å². The van der Waals surface area contributed by atoms with E-state index >= 15 is 0 Å². The van der Waals surface area contributed by atoms with Crippen molar-refractivity contribution in [2.45, 2.75) is 25.3 Å². The van der Waals surface area contributed by atoms with Crippen molar-refractivity contribution in [3.05, 3.63) is 65.4 Å². The molecule has 0 bridgehead atoms. The summed E-state index contributed by atoms with van der Waals surface area (Å²) >= 11 is 0. The number of anilines is 1. The molecule has 3 aromatic rings. The molecule has 2 aliphatic rings. The van der Waals surface area contributed by atoms with Gasteiger partial charge in [-0.1, -0.05) is 18.2 Å². The molecule has 1 fully saturated rings. The highest BCUT2D eigenvalue weighted by molar-refractivity contribution is 5.80. The van der Waals surface area contributed by atoms with E-state index in [9.17, 15) is 0 Å². The van der Waals surface area contributed by atoms with Gasteiger partial charge in [0, 0.05) is 49.5 Å². The first kappa shape index (κ1) is 15.0. The number of rotatable bonds is 2. The zero-order chi connectivity index (χ0) is 16.8. The highest BCUT2D eigenvalue weighted by Gasteiger charge is 2.26. The molecule has 5 rings (SSSR count). The number of likely N-dealkylation sites (N-methyl/N-ethyl adjacent to an activating group) is 1. The normalized spacial score (nSPS) is 21.0. The van der Waals surface area contributed by atoms with Gasteiger partial charge in [0.1, 0.15) is 0 Å². The summed E-state index contributed by atoms with van der Waals surface area (Å²) in [5.74, 6) is 0.453. The van der Waals surface area contributed by atoms with Gasteiger partial charge in [0.15, 0.2) is 0 Å². The fourth-order valence-electron chi connectivity index (χ4n) is 4.57. The van der Waals surface area contributed by atoms with Crippen LogP contribution < -0.4 is 4.90 Å². The van der Waals surface area contributed by atoms with E-state index in [4.69, 9.17) is 0 Å². The van der Waals surface area contributed by atoms with Crippen LogP contribution in [0.2, 0.25) is 0 Å². The third-order valence-corrected chi connectivity index (χ3v) is 5.89. The van der Waals surface area contributed by atoms with Crippen LogP contribution in [-0.4, -0.2) is 36.6 Å². The smallest absolute Gasteiger partial charge is 0.0456 e. The molecule has 0 saturated carbocycles. The fraction of sp³-hybridized carbons (Fsp3) is 0.364. The molecule has 1 aromatic heterocycles. The maximum atomic E-state index is 3.36. The van der Waals surface area contributed by atoms with E-state index in [0.717, 1.165) is 13.1 Å². The van der Waals surface area contributed by atoms with Crippen LogP contribution in [-0.2, 0) is 6.54 Å². The first-order valence-corrected chi connectivity index (χ1v) is 9.41. The molecule has 2 aromatic carbocycles. The maximum Gasteiger partial charge on any atom is 0.0456 e. The third kappa shape index (κ3) is 2.63. The lowest BCUT2D eigenvalue weighted by Gasteiger charge is -2.33. The number of hydrogen-bond donors (Lipinski definition) is 1. The van der Waals surface area contributed by atoms with Crippen molar-refractivity contribution < 1.29 is 0 Å². The van der Waals surface area contributed by atoms with Crippen molar-refractivity contribution in [2.75, 3.05) is 31.6 Å². The van der Waals surface area contributed by atoms with E-state index in [1.807, 2.05) is 6.20 Å². The monoisotopic (exact) mass is 331 g/mol. The van der Waals surface area contributed by atoms with E-state index in [0.29, 0.717) is 5.92 Å². The number of nitrogens with zero attached hydrogens (tertiary/aromatic N) is 2. The molecule has 2 aliphatic heterocycles. The van der Waals surface area contributed by atoms with Crippen LogP contribution in [0.5, 0.6) is 0 Å². The topological polar surface area (TPSA) is 22.3 Å². The molecule has 0 radical (unpaired) electrons. The second-order valence-electron chi connectivity index (χ2n) is 7.65. The molecule has 0 aliphatic carbocycles. The van der Waals surface area contributed by atoms with E-state index in [1.165, 1.54) is 59.2 Å². The van der Waals surface area contributed by atoms with E-state index < -0.39 is 0 Å². The quantitative estimate of drug-likeness (QED) is 0.754. The Kier molecular flexibility index (Phi) is 3.56. The molecule has 3 heterocycles. The van der Waals surface area contributed by atoms with Gasteiger partial charge in [0.25, 0.3) is 0 Å². The van der Waals surface area contributed by atoms with Gasteiger partial charge in [0.2, 0.25) is 0 Å². The minimum Gasteiger partial charge on any atom is -0.372 e. The van der Waals surface area contributed by atoms with Gasteiger partial charge in [-0.05, 0) is 66.2 Å². The number of aromatic amines is 1. The van der Waals surface area contributed by atoms with Crippen LogP contribution in [0, 0.1) is 0 Å². The molecule has 1 saturated heterocycles. The molecule has 0 spiro atoms. The lowest BCUT2D eigenvalue weighted by molar-refractivity contribution is 0.295. The van der Waals surface area contributed by atoms with Crippen LogP contribution in [0.25, 0.3) is 10.9 Å². The SMILES string of the molecule is CN1Cc2cc(N3CCCC3)ccc2C(c2ccc3cc[nH]c3c2)C1. The van der Waals surface area contributed by atoms with Gasteiger partial charge in [-0.2, -0.15) is 0 Å². The van der Waals surface area contributed by atoms with E-state index in [1.54, 1.807) is 0 Å². The minimum absolute atomic E-state index is 0.453. The lowest BCUT2D eigenvalue weighted by Crippen LogP contribution is -2.31. The van der Waals surface area contributed by atoms with Crippen molar-refractivity contribution in [3.8, 4) is 0 Å².